The number of halogens is 1. The molecule has 0 bridgehead atoms. The van der Waals surface area contributed by atoms with Gasteiger partial charge in [0.25, 0.3) is 0 Å². The molecule has 0 unspecified atom stereocenters. The first-order valence-corrected chi connectivity index (χ1v) is 7.68. The Bertz CT molecular complexity index is 361. The molecule has 0 saturated carbocycles. The van der Waals surface area contributed by atoms with E-state index >= 15 is 0 Å². The molecule has 1 aromatic rings. The second-order valence-electron chi connectivity index (χ2n) is 4.59. The van der Waals surface area contributed by atoms with Gasteiger partial charge in [0.2, 0.25) is 5.91 Å². The third-order valence-corrected chi connectivity index (χ3v) is 3.32. The van der Waals surface area contributed by atoms with Crippen molar-refractivity contribution in [3.63, 3.8) is 0 Å². The zero-order chi connectivity index (χ0) is 13.4. The average Bonchev–Trinajstić information content (AvgIpc) is 2.37. The van der Waals surface area contributed by atoms with Crippen LogP contribution in [0.2, 0.25) is 0 Å². The SMILES string of the molecule is CCCCN(CCBr)C(=O)Cc1ccc(C)cc1. The van der Waals surface area contributed by atoms with Gasteiger partial charge in [-0.15, -0.1) is 0 Å². The molecule has 1 aromatic carbocycles. The number of unbranched alkanes of at least 4 members (excludes halogenated alkanes) is 1. The third kappa shape index (κ3) is 5.21. The van der Waals surface area contributed by atoms with Gasteiger partial charge in [-0.1, -0.05) is 59.1 Å². The molecule has 0 atom stereocenters. The van der Waals surface area contributed by atoms with E-state index in [1.54, 1.807) is 0 Å². The zero-order valence-electron chi connectivity index (χ0n) is 11.3. The lowest BCUT2D eigenvalue weighted by Gasteiger charge is -2.21. The van der Waals surface area contributed by atoms with E-state index in [9.17, 15) is 4.79 Å². The summed E-state index contributed by atoms with van der Waals surface area (Å²) in [4.78, 5) is 14.2. The molecule has 0 heterocycles. The first kappa shape index (κ1) is 15.2. The van der Waals surface area contributed by atoms with Crippen molar-refractivity contribution in [3.8, 4) is 0 Å². The summed E-state index contributed by atoms with van der Waals surface area (Å²) < 4.78 is 0. The molecule has 100 valence electrons. The molecule has 0 aliphatic carbocycles. The molecular weight excluding hydrogens is 290 g/mol. The molecule has 0 aliphatic rings. The number of carbonyl (C=O) groups excluding carboxylic acids is 1. The number of rotatable bonds is 7. The molecule has 1 rings (SSSR count). The standard InChI is InChI=1S/C15H22BrNO/c1-3-4-10-17(11-9-16)15(18)12-14-7-5-13(2)6-8-14/h5-8H,3-4,9-12H2,1-2H3. The lowest BCUT2D eigenvalue weighted by Crippen LogP contribution is -2.34. The number of hydrogen-bond donors (Lipinski definition) is 0. The number of aryl methyl sites for hydroxylation is 1. The Morgan fingerprint density at radius 1 is 1.22 bits per heavy atom. The maximum Gasteiger partial charge on any atom is 0.227 e. The van der Waals surface area contributed by atoms with Crippen molar-refractivity contribution >= 4 is 21.8 Å². The minimum atomic E-state index is 0.228. The summed E-state index contributed by atoms with van der Waals surface area (Å²) in [7, 11) is 0. The number of amides is 1. The molecule has 0 radical (unpaired) electrons. The highest BCUT2D eigenvalue weighted by molar-refractivity contribution is 9.09. The van der Waals surface area contributed by atoms with Crippen LogP contribution in [0.4, 0.5) is 0 Å². The van der Waals surface area contributed by atoms with Gasteiger partial charge in [-0.3, -0.25) is 4.79 Å². The van der Waals surface area contributed by atoms with Crippen molar-refractivity contribution in [2.24, 2.45) is 0 Å². The van der Waals surface area contributed by atoms with E-state index < -0.39 is 0 Å². The smallest absolute Gasteiger partial charge is 0.227 e. The predicted octanol–water partition coefficient (Wildman–Crippen LogP) is 3.56. The Labute approximate surface area is 119 Å². The van der Waals surface area contributed by atoms with E-state index in [2.05, 4.69) is 41.9 Å². The normalized spacial score (nSPS) is 10.4. The predicted molar refractivity (Wildman–Crippen MR) is 80.2 cm³/mol. The van der Waals surface area contributed by atoms with Crippen molar-refractivity contribution < 1.29 is 4.79 Å². The van der Waals surface area contributed by atoms with Crippen molar-refractivity contribution in [3.05, 3.63) is 35.4 Å². The van der Waals surface area contributed by atoms with Crippen molar-refractivity contribution in [2.75, 3.05) is 18.4 Å². The fourth-order valence-electron chi connectivity index (χ4n) is 1.80. The second-order valence-corrected chi connectivity index (χ2v) is 5.38. The van der Waals surface area contributed by atoms with Gasteiger partial charge >= 0.3 is 0 Å². The minimum absolute atomic E-state index is 0.228. The third-order valence-electron chi connectivity index (χ3n) is 2.96. The van der Waals surface area contributed by atoms with Crippen LogP contribution in [-0.2, 0) is 11.2 Å². The Kier molecular flexibility index (Phi) is 7.02. The average molecular weight is 312 g/mol. The van der Waals surface area contributed by atoms with Crippen LogP contribution in [0.25, 0.3) is 0 Å². The molecule has 18 heavy (non-hydrogen) atoms. The van der Waals surface area contributed by atoms with E-state index in [4.69, 9.17) is 0 Å². The molecule has 0 aromatic heterocycles. The summed E-state index contributed by atoms with van der Waals surface area (Å²) in [6.45, 7) is 5.87. The van der Waals surface area contributed by atoms with Crippen LogP contribution < -0.4 is 0 Å². The van der Waals surface area contributed by atoms with Gasteiger partial charge in [0, 0.05) is 18.4 Å². The van der Waals surface area contributed by atoms with Crippen LogP contribution in [0.3, 0.4) is 0 Å². The topological polar surface area (TPSA) is 20.3 Å². The highest BCUT2D eigenvalue weighted by atomic mass is 79.9. The molecular formula is C15H22BrNO. The van der Waals surface area contributed by atoms with Crippen LogP contribution in [0.5, 0.6) is 0 Å². The van der Waals surface area contributed by atoms with Gasteiger partial charge in [0.1, 0.15) is 0 Å². The zero-order valence-corrected chi connectivity index (χ0v) is 12.9. The number of alkyl halides is 1. The lowest BCUT2D eigenvalue weighted by atomic mass is 10.1. The maximum atomic E-state index is 12.2. The number of carbonyl (C=O) groups is 1. The van der Waals surface area contributed by atoms with Crippen LogP contribution in [0, 0.1) is 6.92 Å². The molecule has 0 N–H and O–H groups in total. The monoisotopic (exact) mass is 311 g/mol. The van der Waals surface area contributed by atoms with E-state index in [0.29, 0.717) is 6.42 Å². The molecule has 2 nitrogen and oxygen atoms in total. The lowest BCUT2D eigenvalue weighted by molar-refractivity contribution is -0.130. The van der Waals surface area contributed by atoms with Crippen LogP contribution in [0.15, 0.2) is 24.3 Å². The summed E-state index contributed by atoms with van der Waals surface area (Å²) in [5, 5.41) is 0.844. The van der Waals surface area contributed by atoms with Crippen molar-refractivity contribution in [1.82, 2.24) is 4.90 Å². The van der Waals surface area contributed by atoms with E-state index in [-0.39, 0.29) is 5.91 Å². The van der Waals surface area contributed by atoms with Crippen LogP contribution in [0.1, 0.15) is 30.9 Å². The molecule has 1 amide bonds. The van der Waals surface area contributed by atoms with E-state index in [0.717, 1.165) is 36.8 Å². The van der Waals surface area contributed by atoms with Crippen LogP contribution in [-0.4, -0.2) is 29.2 Å². The Hall–Kier alpha value is -0.830. The van der Waals surface area contributed by atoms with Gasteiger partial charge in [0.05, 0.1) is 6.42 Å². The van der Waals surface area contributed by atoms with Crippen molar-refractivity contribution in [1.29, 1.82) is 0 Å². The Morgan fingerprint density at radius 2 is 1.89 bits per heavy atom. The highest BCUT2D eigenvalue weighted by Gasteiger charge is 2.12. The van der Waals surface area contributed by atoms with Crippen molar-refractivity contribution in [2.45, 2.75) is 33.1 Å². The fourth-order valence-corrected chi connectivity index (χ4v) is 2.23. The summed E-state index contributed by atoms with van der Waals surface area (Å²) in [5.41, 5.74) is 2.33. The number of nitrogens with zero attached hydrogens (tertiary/aromatic N) is 1. The summed E-state index contributed by atoms with van der Waals surface area (Å²) in [6.07, 6.45) is 2.71. The fraction of sp³-hybridized carbons (Fsp3) is 0.533. The number of benzene rings is 1. The van der Waals surface area contributed by atoms with Gasteiger partial charge < -0.3 is 4.90 Å². The Morgan fingerprint density at radius 3 is 2.44 bits per heavy atom. The molecule has 0 saturated heterocycles. The first-order valence-electron chi connectivity index (χ1n) is 6.56. The second kappa shape index (κ2) is 8.30. The van der Waals surface area contributed by atoms with Gasteiger partial charge in [-0.2, -0.15) is 0 Å². The number of hydrogen-bond acceptors (Lipinski definition) is 1. The highest BCUT2D eigenvalue weighted by Crippen LogP contribution is 2.07. The van der Waals surface area contributed by atoms with Crippen LogP contribution >= 0.6 is 15.9 Å². The first-order chi connectivity index (χ1) is 8.67. The van der Waals surface area contributed by atoms with Gasteiger partial charge in [-0.05, 0) is 18.9 Å². The van der Waals surface area contributed by atoms with E-state index in [1.807, 2.05) is 17.0 Å². The maximum absolute atomic E-state index is 12.2. The summed E-state index contributed by atoms with van der Waals surface area (Å²) in [6, 6.07) is 8.20. The molecule has 0 aliphatic heterocycles. The minimum Gasteiger partial charge on any atom is -0.342 e. The van der Waals surface area contributed by atoms with Gasteiger partial charge in [0.15, 0.2) is 0 Å². The van der Waals surface area contributed by atoms with Gasteiger partial charge in [-0.25, -0.2) is 0 Å². The van der Waals surface area contributed by atoms with E-state index in [1.165, 1.54) is 5.56 Å². The summed E-state index contributed by atoms with van der Waals surface area (Å²) >= 11 is 3.41. The quantitative estimate of drug-likeness (QED) is 0.705. The molecule has 0 spiro atoms. The molecule has 0 fully saturated rings. The molecule has 3 heteroatoms. The Balaban J connectivity index is 2.57. The summed E-state index contributed by atoms with van der Waals surface area (Å²) in [5.74, 6) is 0.228. The largest absolute Gasteiger partial charge is 0.342 e.